The molecule has 1 amide bonds. The second-order valence-electron chi connectivity index (χ2n) is 7.04. The van der Waals surface area contributed by atoms with Gasteiger partial charge in [-0.3, -0.25) is 4.79 Å². The molecule has 0 spiro atoms. The summed E-state index contributed by atoms with van der Waals surface area (Å²) in [4.78, 5) is 12.2. The normalized spacial score (nSPS) is 12.0. The zero-order valence-electron chi connectivity index (χ0n) is 15.0. The monoisotopic (exact) mass is 360 g/mol. The van der Waals surface area contributed by atoms with Gasteiger partial charge in [-0.05, 0) is 57.5 Å². The van der Waals surface area contributed by atoms with Crippen molar-refractivity contribution < 1.29 is 13.2 Å². The lowest BCUT2D eigenvalue weighted by molar-refractivity contribution is 0.0919. The molecule has 0 aliphatic carbocycles. The van der Waals surface area contributed by atoms with Gasteiger partial charge in [-0.25, -0.2) is 13.1 Å². The summed E-state index contributed by atoms with van der Waals surface area (Å²) >= 11 is 0. The average Bonchev–Trinajstić information content (AvgIpc) is 2.52. The minimum absolute atomic E-state index is 0.132. The summed E-state index contributed by atoms with van der Waals surface area (Å²) in [5.41, 5.74) is 2.04. The summed E-state index contributed by atoms with van der Waals surface area (Å²) in [6.45, 7) is 7.84. The maximum absolute atomic E-state index is 12.4. The Bertz CT molecular complexity index is 851. The van der Waals surface area contributed by atoms with Gasteiger partial charge < -0.3 is 5.32 Å². The van der Waals surface area contributed by atoms with Gasteiger partial charge in [-0.15, -0.1) is 0 Å². The number of rotatable bonds is 5. The van der Waals surface area contributed by atoms with E-state index in [9.17, 15) is 13.2 Å². The molecule has 0 unspecified atom stereocenters. The lowest BCUT2D eigenvalue weighted by Gasteiger charge is -2.20. The maximum atomic E-state index is 12.4. The minimum atomic E-state index is -3.63. The van der Waals surface area contributed by atoms with Crippen LogP contribution in [0, 0.1) is 6.92 Å². The first-order valence-electron chi connectivity index (χ1n) is 8.05. The second kappa shape index (κ2) is 7.37. The Kier molecular flexibility index (Phi) is 5.65. The highest BCUT2D eigenvalue weighted by Gasteiger charge is 2.17. The molecule has 0 saturated carbocycles. The SMILES string of the molecule is Cc1cccc(CNS(=O)(=O)c2ccc(C(=O)NC(C)(C)C)cc2)c1. The number of amides is 1. The number of nitrogens with one attached hydrogen (secondary N) is 2. The number of hydrogen-bond acceptors (Lipinski definition) is 3. The van der Waals surface area contributed by atoms with Crippen LogP contribution in [0.5, 0.6) is 0 Å². The second-order valence-corrected chi connectivity index (χ2v) is 8.81. The molecular formula is C19H24N2O3S. The number of carbonyl (C=O) groups is 1. The van der Waals surface area contributed by atoms with Crippen LogP contribution < -0.4 is 10.0 Å². The van der Waals surface area contributed by atoms with Crippen LogP contribution in [0.4, 0.5) is 0 Å². The van der Waals surface area contributed by atoms with E-state index in [0.717, 1.165) is 11.1 Å². The molecule has 0 fully saturated rings. The summed E-state index contributed by atoms with van der Waals surface area (Å²) in [7, 11) is -3.63. The molecule has 134 valence electrons. The van der Waals surface area contributed by atoms with Gasteiger partial charge >= 0.3 is 0 Å². The molecule has 0 heterocycles. The van der Waals surface area contributed by atoms with Crippen LogP contribution in [-0.2, 0) is 16.6 Å². The molecule has 2 aromatic rings. The van der Waals surface area contributed by atoms with E-state index in [1.807, 2.05) is 52.0 Å². The Morgan fingerprint density at radius 3 is 2.24 bits per heavy atom. The topological polar surface area (TPSA) is 75.3 Å². The highest BCUT2D eigenvalue weighted by Crippen LogP contribution is 2.13. The first kappa shape index (κ1) is 19.1. The molecule has 0 aliphatic heterocycles. The summed E-state index contributed by atoms with van der Waals surface area (Å²) < 4.78 is 27.4. The zero-order chi connectivity index (χ0) is 18.7. The van der Waals surface area contributed by atoms with Gasteiger partial charge in [0.15, 0.2) is 0 Å². The van der Waals surface area contributed by atoms with E-state index in [1.165, 1.54) is 24.3 Å². The molecule has 0 saturated heterocycles. The van der Waals surface area contributed by atoms with Gasteiger partial charge in [-0.1, -0.05) is 29.8 Å². The largest absolute Gasteiger partial charge is 0.347 e. The molecular weight excluding hydrogens is 336 g/mol. The van der Waals surface area contributed by atoms with Crippen LogP contribution in [0.2, 0.25) is 0 Å². The summed E-state index contributed by atoms with van der Waals surface area (Å²) in [5.74, 6) is -0.232. The van der Waals surface area contributed by atoms with Crippen molar-refractivity contribution in [3.05, 3.63) is 65.2 Å². The zero-order valence-corrected chi connectivity index (χ0v) is 15.8. The van der Waals surface area contributed by atoms with Gasteiger partial charge in [0.25, 0.3) is 5.91 Å². The predicted octanol–water partition coefficient (Wildman–Crippen LogP) is 3.00. The third-order valence-electron chi connectivity index (χ3n) is 3.46. The van der Waals surface area contributed by atoms with Gasteiger partial charge in [-0.2, -0.15) is 0 Å². The number of carbonyl (C=O) groups excluding carboxylic acids is 1. The van der Waals surface area contributed by atoms with Crippen LogP contribution in [0.3, 0.4) is 0 Å². The van der Waals surface area contributed by atoms with E-state index in [4.69, 9.17) is 0 Å². The van der Waals surface area contributed by atoms with Crippen molar-refractivity contribution in [3.8, 4) is 0 Å². The van der Waals surface area contributed by atoms with Crippen LogP contribution >= 0.6 is 0 Å². The summed E-state index contributed by atoms with van der Waals surface area (Å²) in [6.07, 6.45) is 0. The van der Waals surface area contributed by atoms with E-state index >= 15 is 0 Å². The van der Waals surface area contributed by atoms with E-state index in [0.29, 0.717) is 5.56 Å². The standard InChI is InChI=1S/C19H24N2O3S/c1-14-6-5-7-15(12-14)13-20-25(23,24)17-10-8-16(9-11-17)18(22)21-19(2,3)4/h5-12,20H,13H2,1-4H3,(H,21,22). The smallest absolute Gasteiger partial charge is 0.251 e. The van der Waals surface area contributed by atoms with E-state index in [-0.39, 0.29) is 22.9 Å². The fraction of sp³-hybridized carbons (Fsp3) is 0.316. The van der Waals surface area contributed by atoms with Gasteiger partial charge in [0, 0.05) is 17.6 Å². The molecule has 6 heteroatoms. The number of aryl methyl sites for hydroxylation is 1. The molecule has 25 heavy (non-hydrogen) atoms. The lowest BCUT2D eigenvalue weighted by Crippen LogP contribution is -2.40. The third-order valence-corrected chi connectivity index (χ3v) is 4.88. The third kappa shape index (κ3) is 5.69. The Balaban J connectivity index is 2.08. The van der Waals surface area contributed by atoms with Gasteiger partial charge in [0.1, 0.15) is 0 Å². The molecule has 2 rings (SSSR count). The van der Waals surface area contributed by atoms with Crippen molar-refractivity contribution in [3.63, 3.8) is 0 Å². The fourth-order valence-electron chi connectivity index (χ4n) is 2.28. The predicted molar refractivity (Wildman–Crippen MR) is 98.9 cm³/mol. The van der Waals surface area contributed by atoms with Gasteiger partial charge in [0.2, 0.25) is 10.0 Å². The van der Waals surface area contributed by atoms with Crippen LogP contribution in [0.25, 0.3) is 0 Å². The first-order valence-corrected chi connectivity index (χ1v) is 9.53. The maximum Gasteiger partial charge on any atom is 0.251 e. The highest BCUT2D eigenvalue weighted by molar-refractivity contribution is 7.89. The summed E-state index contributed by atoms with van der Waals surface area (Å²) in [6, 6.07) is 13.6. The molecule has 0 aliphatic rings. The molecule has 0 aromatic heterocycles. The van der Waals surface area contributed by atoms with Crippen molar-refractivity contribution in [2.24, 2.45) is 0 Å². The molecule has 0 atom stereocenters. The van der Waals surface area contributed by atoms with Crippen molar-refractivity contribution in [1.82, 2.24) is 10.0 Å². The number of benzene rings is 2. The van der Waals surface area contributed by atoms with Crippen molar-refractivity contribution in [1.29, 1.82) is 0 Å². The van der Waals surface area contributed by atoms with Crippen molar-refractivity contribution >= 4 is 15.9 Å². The summed E-state index contributed by atoms with van der Waals surface area (Å²) in [5, 5.41) is 2.84. The Labute approximate surface area is 149 Å². The van der Waals surface area contributed by atoms with Crippen LogP contribution in [-0.4, -0.2) is 19.9 Å². The molecule has 0 radical (unpaired) electrons. The van der Waals surface area contributed by atoms with Crippen molar-refractivity contribution in [2.45, 2.75) is 44.7 Å². The molecule has 2 N–H and O–H groups in total. The lowest BCUT2D eigenvalue weighted by atomic mass is 10.1. The minimum Gasteiger partial charge on any atom is -0.347 e. The molecule has 2 aromatic carbocycles. The Morgan fingerprint density at radius 2 is 1.68 bits per heavy atom. The van der Waals surface area contributed by atoms with E-state index in [1.54, 1.807) is 0 Å². The van der Waals surface area contributed by atoms with Crippen LogP contribution in [0.1, 0.15) is 42.3 Å². The quantitative estimate of drug-likeness (QED) is 0.861. The number of sulfonamides is 1. The Hall–Kier alpha value is -2.18. The fourth-order valence-corrected chi connectivity index (χ4v) is 3.30. The average molecular weight is 360 g/mol. The van der Waals surface area contributed by atoms with E-state index in [2.05, 4.69) is 10.0 Å². The highest BCUT2D eigenvalue weighted by atomic mass is 32.2. The van der Waals surface area contributed by atoms with E-state index < -0.39 is 10.0 Å². The first-order chi connectivity index (χ1) is 11.6. The molecule has 0 bridgehead atoms. The Morgan fingerprint density at radius 1 is 1.04 bits per heavy atom. The molecule has 5 nitrogen and oxygen atoms in total. The van der Waals surface area contributed by atoms with Gasteiger partial charge in [0.05, 0.1) is 4.90 Å². The number of hydrogen-bond donors (Lipinski definition) is 2. The van der Waals surface area contributed by atoms with Crippen molar-refractivity contribution in [2.75, 3.05) is 0 Å². The van der Waals surface area contributed by atoms with Crippen LogP contribution in [0.15, 0.2) is 53.4 Å².